The van der Waals surface area contributed by atoms with Gasteiger partial charge in [-0.3, -0.25) is 4.79 Å². The van der Waals surface area contributed by atoms with Crippen molar-refractivity contribution in [3.8, 4) is 11.3 Å². The van der Waals surface area contributed by atoms with Crippen molar-refractivity contribution < 1.29 is 9.90 Å². The minimum absolute atomic E-state index is 0.0331. The standard InChI is InChI=1S/C19H17IN2O2S/c1-11-3-8-15(12(2)9-11)18-16(10-17(23)24)25-19(22-18)21-14-6-4-13(20)5-7-14/h3-9H,10H2,1-2H3,(H,21,22)(H,23,24). The van der Waals surface area contributed by atoms with Gasteiger partial charge in [0.1, 0.15) is 0 Å². The number of carboxylic acids is 1. The van der Waals surface area contributed by atoms with Crippen LogP contribution in [0, 0.1) is 17.4 Å². The van der Waals surface area contributed by atoms with Crippen molar-refractivity contribution in [2.24, 2.45) is 0 Å². The lowest BCUT2D eigenvalue weighted by Gasteiger charge is -2.06. The Kier molecular flexibility index (Phi) is 5.39. The third kappa shape index (κ3) is 4.38. The Morgan fingerprint density at radius 2 is 1.92 bits per heavy atom. The number of aryl methyl sites for hydroxylation is 2. The molecule has 0 aliphatic heterocycles. The summed E-state index contributed by atoms with van der Waals surface area (Å²) in [7, 11) is 0. The van der Waals surface area contributed by atoms with Crippen LogP contribution in [0.5, 0.6) is 0 Å². The van der Waals surface area contributed by atoms with Gasteiger partial charge in [-0.2, -0.15) is 0 Å². The predicted octanol–water partition coefficient (Wildman–Crippen LogP) is 5.40. The molecule has 0 amide bonds. The van der Waals surface area contributed by atoms with Gasteiger partial charge in [0, 0.05) is 19.7 Å². The van der Waals surface area contributed by atoms with Crippen LogP contribution in [0.25, 0.3) is 11.3 Å². The number of nitrogens with zero attached hydrogens (tertiary/aromatic N) is 1. The third-order valence-corrected chi connectivity index (χ3v) is 5.43. The summed E-state index contributed by atoms with van der Waals surface area (Å²) in [6.07, 6.45) is -0.0331. The second-order valence-corrected chi connectivity index (χ2v) is 8.14. The zero-order valence-corrected chi connectivity index (χ0v) is 16.8. The van der Waals surface area contributed by atoms with Crippen LogP contribution >= 0.6 is 33.9 Å². The van der Waals surface area contributed by atoms with Gasteiger partial charge in [0.15, 0.2) is 5.13 Å². The molecule has 3 rings (SSSR count). The van der Waals surface area contributed by atoms with Gasteiger partial charge in [-0.15, -0.1) is 11.3 Å². The topological polar surface area (TPSA) is 62.2 Å². The predicted molar refractivity (Wildman–Crippen MR) is 111 cm³/mol. The van der Waals surface area contributed by atoms with Crippen molar-refractivity contribution >= 4 is 50.7 Å². The zero-order valence-electron chi connectivity index (χ0n) is 13.8. The highest BCUT2D eigenvalue weighted by molar-refractivity contribution is 14.1. The molecule has 0 saturated carbocycles. The molecule has 2 N–H and O–H groups in total. The number of anilines is 2. The van der Waals surface area contributed by atoms with E-state index in [1.807, 2.05) is 50.2 Å². The highest BCUT2D eigenvalue weighted by Gasteiger charge is 2.17. The van der Waals surface area contributed by atoms with Crippen molar-refractivity contribution in [1.29, 1.82) is 0 Å². The molecule has 128 valence electrons. The number of aliphatic carboxylic acids is 1. The summed E-state index contributed by atoms with van der Waals surface area (Å²) in [4.78, 5) is 16.7. The first-order valence-corrected chi connectivity index (χ1v) is 9.63. The Labute approximate surface area is 164 Å². The average molecular weight is 464 g/mol. The van der Waals surface area contributed by atoms with E-state index < -0.39 is 5.97 Å². The average Bonchev–Trinajstić information content (AvgIpc) is 2.91. The van der Waals surface area contributed by atoms with Gasteiger partial charge in [-0.1, -0.05) is 23.8 Å². The Morgan fingerprint density at radius 3 is 2.56 bits per heavy atom. The van der Waals surface area contributed by atoms with Gasteiger partial charge in [-0.25, -0.2) is 4.98 Å². The molecular formula is C19H17IN2O2S. The summed E-state index contributed by atoms with van der Waals surface area (Å²) < 4.78 is 1.16. The van der Waals surface area contributed by atoms with Gasteiger partial charge in [0.25, 0.3) is 0 Å². The minimum Gasteiger partial charge on any atom is -0.481 e. The van der Waals surface area contributed by atoms with Crippen LogP contribution in [0.3, 0.4) is 0 Å². The van der Waals surface area contributed by atoms with Crippen LogP contribution in [0.15, 0.2) is 42.5 Å². The molecule has 0 aliphatic carbocycles. The number of benzene rings is 2. The molecule has 2 aromatic carbocycles. The molecule has 0 unspecified atom stereocenters. The van der Waals surface area contributed by atoms with E-state index in [-0.39, 0.29) is 6.42 Å². The fourth-order valence-electron chi connectivity index (χ4n) is 2.61. The van der Waals surface area contributed by atoms with Crippen LogP contribution in [0.4, 0.5) is 10.8 Å². The SMILES string of the molecule is Cc1ccc(-c2nc(Nc3ccc(I)cc3)sc2CC(=O)O)c(C)c1. The number of carboxylic acid groups (broad SMARTS) is 1. The van der Waals surface area contributed by atoms with Crippen LogP contribution in [-0.2, 0) is 11.2 Å². The molecule has 0 bridgehead atoms. The van der Waals surface area contributed by atoms with E-state index in [0.29, 0.717) is 5.13 Å². The van der Waals surface area contributed by atoms with E-state index in [1.165, 1.54) is 16.9 Å². The van der Waals surface area contributed by atoms with Crippen LogP contribution < -0.4 is 5.32 Å². The van der Waals surface area contributed by atoms with Crippen LogP contribution in [0.1, 0.15) is 16.0 Å². The highest BCUT2D eigenvalue weighted by Crippen LogP contribution is 2.35. The lowest BCUT2D eigenvalue weighted by Crippen LogP contribution is -2.00. The first-order valence-electron chi connectivity index (χ1n) is 7.74. The molecule has 25 heavy (non-hydrogen) atoms. The largest absolute Gasteiger partial charge is 0.481 e. The molecule has 0 radical (unpaired) electrons. The second-order valence-electron chi connectivity index (χ2n) is 5.81. The molecule has 6 heteroatoms. The van der Waals surface area contributed by atoms with Gasteiger partial charge in [0.05, 0.1) is 12.1 Å². The third-order valence-electron chi connectivity index (χ3n) is 3.74. The van der Waals surface area contributed by atoms with Gasteiger partial charge < -0.3 is 10.4 Å². The molecule has 0 spiro atoms. The van der Waals surface area contributed by atoms with Crippen molar-refractivity contribution in [2.75, 3.05) is 5.32 Å². The molecule has 0 atom stereocenters. The molecule has 1 aromatic heterocycles. The van der Waals surface area contributed by atoms with E-state index in [1.54, 1.807) is 0 Å². The number of hydrogen-bond acceptors (Lipinski definition) is 4. The summed E-state index contributed by atoms with van der Waals surface area (Å²) >= 11 is 3.65. The maximum Gasteiger partial charge on any atom is 0.308 e. The van der Waals surface area contributed by atoms with Gasteiger partial charge >= 0.3 is 5.97 Å². The number of nitrogens with one attached hydrogen (secondary N) is 1. The molecule has 0 fully saturated rings. The fourth-order valence-corrected chi connectivity index (χ4v) is 3.96. The molecular weight excluding hydrogens is 447 g/mol. The van der Waals surface area contributed by atoms with E-state index in [2.05, 4.69) is 39.0 Å². The fraction of sp³-hybridized carbons (Fsp3) is 0.158. The number of thiazole rings is 1. The first kappa shape index (κ1) is 17.9. The van der Waals surface area contributed by atoms with E-state index in [4.69, 9.17) is 0 Å². The quantitative estimate of drug-likeness (QED) is 0.497. The zero-order chi connectivity index (χ0) is 18.0. The summed E-state index contributed by atoms with van der Waals surface area (Å²) in [6, 6.07) is 14.1. The minimum atomic E-state index is -0.851. The highest BCUT2D eigenvalue weighted by atomic mass is 127. The summed E-state index contributed by atoms with van der Waals surface area (Å²) in [5.41, 5.74) is 4.93. The van der Waals surface area contributed by atoms with Crippen LogP contribution in [-0.4, -0.2) is 16.1 Å². The van der Waals surface area contributed by atoms with Crippen LogP contribution in [0.2, 0.25) is 0 Å². The number of rotatable bonds is 5. The van der Waals surface area contributed by atoms with E-state index in [0.717, 1.165) is 31.0 Å². The number of aromatic nitrogens is 1. The van der Waals surface area contributed by atoms with Crippen molar-refractivity contribution in [2.45, 2.75) is 20.3 Å². The summed E-state index contributed by atoms with van der Waals surface area (Å²) in [5, 5.41) is 13.2. The van der Waals surface area contributed by atoms with Crippen molar-refractivity contribution in [3.63, 3.8) is 0 Å². The van der Waals surface area contributed by atoms with Crippen molar-refractivity contribution in [1.82, 2.24) is 4.98 Å². The van der Waals surface area contributed by atoms with E-state index in [9.17, 15) is 9.90 Å². The smallest absolute Gasteiger partial charge is 0.308 e. The Bertz CT molecular complexity index is 920. The molecule has 3 aromatic rings. The van der Waals surface area contributed by atoms with E-state index >= 15 is 0 Å². The first-order chi connectivity index (χ1) is 11.9. The molecule has 4 nitrogen and oxygen atoms in total. The lowest BCUT2D eigenvalue weighted by atomic mass is 10.0. The molecule has 1 heterocycles. The maximum absolute atomic E-state index is 11.3. The maximum atomic E-state index is 11.3. The monoisotopic (exact) mass is 464 g/mol. The number of hydrogen-bond donors (Lipinski definition) is 2. The Morgan fingerprint density at radius 1 is 1.20 bits per heavy atom. The number of carbonyl (C=O) groups is 1. The molecule has 0 saturated heterocycles. The van der Waals surface area contributed by atoms with Gasteiger partial charge in [-0.05, 0) is 66.3 Å². The summed E-state index contributed by atoms with van der Waals surface area (Å²) in [5.74, 6) is -0.851. The molecule has 0 aliphatic rings. The second kappa shape index (κ2) is 7.53. The normalized spacial score (nSPS) is 10.7. The Balaban J connectivity index is 2.00. The Hall–Kier alpha value is -1.93. The number of halogens is 1. The lowest BCUT2D eigenvalue weighted by molar-refractivity contribution is -0.136. The van der Waals surface area contributed by atoms with Gasteiger partial charge in [0.2, 0.25) is 0 Å². The summed E-state index contributed by atoms with van der Waals surface area (Å²) in [6.45, 7) is 4.07. The van der Waals surface area contributed by atoms with Crippen molar-refractivity contribution in [3.05, 3.63) is 62.0 Å².